The Bertz CT molecular complexity index is 1650. The van der Waals surface area contributed by atoms with Gasteiger partial charge >= 0.3 is 0 Å². The molecule has 0 aliphatic heterocycles. The van der Waals surface area contributed by atoms with Crippen LogP contribution in [0.3, 0.4) is 0 Å². The van der Waals surface area contributed by atoms with Gasteiger partial charge in [-0.15, -0.1) is 0 Å². The number of aromatic nitrogens is 3. The van der Waals surface area contributed by atoms with Crippen LogP contribution in [0.5, 0.6) is 11.6 Å². The zero-order valence-corrected chi connectivity index (χ0v) is 21.6. The van der Waals surface area contributed by atoms with Gasteiger partial charge in [0, 0.05) is 41.6 Å². The monoisotopic (exact) mass is 528 g/mol. The van der Waals surface area contributed by atoms with Crippen molar-refractivity contribution in [3.63, 3.8) is 0 Å². The lowest BCUT2D eigenvalue weighted by atomic mass is 9.87. The maximum absolute atomic E-state index is 12.5. The Kier molecular flexibility index (Phi) is 6.16. The van der Waals surface area contributed by atoms with E-state index in [9.17, 15) is 13.7 Å². The van der Waals surface area contributed by atoms with E-state index in [1.165, 1.54) is 25.2 Å². The van der Waals surface area contributed by atoms with Crippen molar-refractivity contribution in [2.45, 2.75) is 38.6 Å². The van der Waals surface area contributed by atoms with Gasteiger partial charge in [0.15, 0.2) is 0 Å². The second-order valence-corrected chi connectivity index (χ2v) is 11.9. The number of hydrogen-bond donors (Lipinski definition) is 2. The fraction of sp³-hybridized carbons (Fsp3) is 0.321. The van der Waals surface area contributed by atoms with Gasteiger partial charge < -0.3 is 15.0 Å². The van der Waals surface area contributed by atoms with Crippen LogP contribution in [-0.2, 0) is 16.6 Å². The molecule has 0 spiro atoms. The first-order chi connectivity index (χ1) is 18.4. The number of benzene rings is 2. The highest BCUT2D eigenvalue weighted by atomic mass is 32.2. The molecule has 2 aromatic carbocycles. The molecule has 0 atom stereocenters. The van der Waals surface area contributed by atoms with Gasteiger partial charge in [-0.1, -0.05) is 18.6 Å². The molecule has 0 bridgehead atoms. The fourth-order valence-electron chi connectivity index (χ4n) is 4.95. The number of nitriles is 1. The Morgan fingerprint density at radius 2 is 1.82 bits per heavy atom. The highest BCUT2D eigenvalue weighted by molar-refractivity contribution is 7.92. The number of nitrogens with one attached hydrogen (secondary N) is 1. The summed E-state index contributed by atoms with van der Waals surface area (Å²) in [6.45, 7) is 0.816. The number of fused-ring (bicyclic) bond motifs is 1. The van der Waals surface area contributed by atoms with Gasteiger partial charge in [-0.2, -0.15) is 5.26 Å². The lowest BCUT2D eigenvalue weighted by Crippen LogP contribution is -2.26. The summed E-state index contributed by atoms with van der Waals surface area (Å²) >= 11 is 0. The summed E-state index contributed by atoms with van der Waals surface area (Å²) in [6, 6.07) is 15.0. The van der Waals surface area contributed by atoms with Crippen molar-refractivity contribution >= 4 is 32.3 Å². The minimum Gasteiger partial charge on any atom is -0.436 e. The molecule has 0 amide bonds. The molecule has 10 heteroatoms. The minimum absolute atomic E-state index is 0.115. The first-order valence-electron chi connectivity index (χ1n) is 12.8. The van der Waals surface area contributed by atoms with Crippen LogP contribution in [0.2, 0.25) is 0 Å². The zero-order chi connectivity index (χ0) is 26.3. The first-order valence-corrected chi connectivity index (χ1v) is 14.5. The quantitative estimate of drug-likeness (QED) is 0.301. The summed E-state index contributed by atoms with van der Waals surface area (Å²) < 4.78 is 35.9. The number of rotatable bonds is 9. The predicted molar refractivity (Wildman–Crippen MR) is 146 cm³/mol. The third-order valence-electron chi connectivity index (χ3n) is 7.31. The number of nitrogen functional groups attached to an aromatic ring is 1. The third kappa shape index (κ3) is 4.89. The Morgan fingerprint density at radius 3 is 2.50 bits per heavy atom. The summed E-state index contributed by atoms with van der Waals surface area (Å²) in [5.41, 5.74) is 10.7. The highest BCUT2D eigenvalue weighted by Crippen LogP contribution is 2.42. The molecule has 9 nitrogen and oxygen atoms in total. The summed E-state index contributed by atoms with van der Waals surface area (Å²) in [5.74, 6) is 1.70. The number of nitrogens with two attached hydrogens (primary N) is 1. The number of anilines is 2. The smallest absolute Gasteiger partial charge is 0.256 e. The van der Waals surface area contributed by atoms with Crippen LogP contribution in [0.1, 0.15) is 37.8 Å². The number of hydrogen-bond acceptors (Lipinski definition) is 7. The summed E-state index contributed by atoms with van der Waals surface area (Å²) in [5, 5.41) is 10.2. The second-order valence-electron chi connectivity index (χ2n) is 10.2. The predicted octanol–water partition coefficient (Wildman–Crippen LogP) is 5.30. The van der Waals surface area contributed by atoms with E-state index in [0.717, 1.165) is 48.0 Å². The van der Waals surface area contributed by atoms with E-state index >= 15 is 0 Å². The molecule has 4 aromatic rings. The molecule has 0 unspecified atom stereocenters. The second kappa shape index (κ2) is 9.65. The maximum atomic E-state index is 12.5. The highest BCUT2D eigenvalue weighted by Gasteiger charge is 2.27. The lowest BCUT2D eigenvalue weighted by Gasteiger charge is -2.25. The molecule has 2 aliphatic rings. The van der Waals surface area contributed by atoms with Crippen LogP contribution >= 0.6 is 0 Å². The van der Waals surface area contributed by atoms with Gasteiger partial charge in [0.25, 0.3) is 5.88 Å². The summed E-state index contributed by atoms with van der Waals surface area (Å²) in [6.07, 6.45) is 8.35. The number of nitrogens with zero attached hydrogens (tertiary/aromatic N) is 4. The van der Waals surface area contributed by atoms with Crippen molar-refractivity contribution in [3.8, 4) is 29.0 Å². The maximum Gasteiger partial charge on any atom is 0.256 e. The molecule has 38 heavy (non-hydrogen) atoms. The van der Waals surface area contributed by atoms with E-state index in [1.807, 2.05) is 30.3 Å². The van der Waals surface area contributed by atoms with Crippen LogP contribution in [0.25, 0.3) is 22.2 Å². The van der Waals surface area contributed by atoms with Gasteiger partial charge in [0.2, 0.25) is 15.7 Å². The molecule has 6 rings (SSSR count). The molecule has 194 valence electrons. The fourth-order valence-corrected chi connectivity index (χ4v) is 6.49. The molecular formula is C28H28N6O3S. The van der Waals surface area contributed by atoms with Crippen LogP contribution in [0.4, 0.5) is 11.4 Å². The van der Waals surface area contributed by atoms with Gasteiger partial charge in [-0.3, -0.25) is 4.72 Å². The Labute approximate surface area is 221 Å². The SMILES string of the molecule is N#Cc1nccnc1Oc1ccc2c(N)c(-c3ccc(NS(=O)(=O)CC4CCC4)cc3)n(CC3CC3)c2c1. The van der Waals surface area contributed by atoms with E-state index in [4.69, 9.17) is 10.5 Å². The molecule has 3 N–H and O–H groups in total. The standard InChI is InChI=1S/C28H28N6O3S/c29-15-24-28(32-13-12-31-24)37-22-10-11-23-25(14-22)34(16-18-4-5-18)27(26(23)30)20-6-8-21(9-7-20)33-38(35,36)17-19-2-1-3-19/h6-14,18-19,33H,1-5,16-17,30H2. The van der Waals surface area contributed by atoms with Gasteiger partial charge in [-0.05, 0) is 61.8 Å². The topological polar surface area (TPSA) is 136 Å². The van der Waals surface area contributed by atoms with Gasteiger partial charge in [0.05, 0.1) is 22.7 Å². The van der Waals surface area contributed by atoms with Crippen LogP contribution in [0, 0.1) is 23.2 Å². The van der Waals surface area contributed by atoms with E-state index < -0.39 is 10.0 Å². The Morgan fingerprint density at radius 1 is 1.05 bits per heavy atom. The molecule has 2 fully saturated rings. The molecule has 2 aliphatic carbocycles. The minimum atomic E-state index is -3.38. The largest absolute Gasteiger partial charge is 0.436 e. The molecule has 0 saturated heterocycles. The molecular weight excluding hydrogens is 500 g/mol. The Balaban J connectivity index is 1.33. The zero-order valence-electron chi connectivity index (χ0n) is 20.8. The first kappa shape index (κ1) is 24.2. The van der Waals surface area contributed by atoms with E-state index in [1.54, 1.807) is 18.2 Å². The Hall–Kier alpha value is -4.10. The van der Waals surface area contributed by atoms with Crippen LogP contribution in [-0.4, -0.2) is 28.7 Å². The molecule has 2 saturated carbocycles. The van der Waals surface area contributed by atoms with Crippen molar-refractivity contribution < 1.29 is 13.2 Å². The van der Waals surface area contributed by atoms with Crippen molar-refractivity contribution in [2.24, 2.45) is 11.8 Å². The average Bonchev–Trinajstić information content (AvgIpc) is 3.67. The number of sulfonamides is 1. The van der Waals surface area contributed by atoms with Crippen molar-refractivity contribution in [1.29, 1.82) is 5.26 Å². The van der Waals surface area contributed by atoms with Crippen molar-refractivity contribution in [1.82, 2.24) is 14.5 Å². The average molecular weight is 529 g/mol. The molecule has 0 radical (unpaired) electrons. The summed E-state index contributed by atoms with van der Waals surface area (Å²) in [4.78, 5) is 8.16. The van der Waals surface area contributed by atoms with Crippen LogP contribution in [0.15, 0.2) is 54.9 Å². The number of ether oxygens (including phenoxy) is 1. The van der Waals surface area contributed by atoms with Gasteiger partial charge in [-0.25, -0.2) is 18.4 Å². The van der Waals surface area contributed by atoms with Gasteiger partial charge in [0.1, 0.15) is 11.8 Å². The van der Waals surface area contributed by atoms with Crippen molar-refractivity contribution in [2.75, 3.05) is 16.2 Å². The van der Waals surface area contributed by atoms with Crippen LogP contribution < -0.4 is 15.2 Å². The third-order valence-corrected chi connectivity index (χ3v) is 8.77. The van der Waals surface area contributed by atoms with E-state index in [-0.39, 0.29) is 23.2 Å². The van der Waals surface area contributed by atoms with E-state index in [0.29, 0.717) is 23.0 Å². The summed E-state index contributed by atoms with van der Waals surface area (Å²) in [7, 11) is -3.38. The molecule has 2 aromatic heterocycles. The van der Waals surface area contributed by atoms with E-state index in [2.05, 4.69) is 19.3 Å². The normalized spacial score (nSPS) is 15.7. The lowest BCUT2D eigenvalue weighted by molar-refractivity contribution is 0.347. The molecule has 2 heterocycles. The van der Waals surface area contributed by atoms with Crippen molar-refractivity contribution in [3.05, 3.63) is 60.6 Å².